The smallest absolute Gasteiger partial charge is 0.462 e. The van der Waals surface area contributed by atoms with E-state index < -0.39 is 63.7 Å². The van der Waals surface area contributed by atoms with Crippen molar-refractivity contribution in [3.63, 3.8) is 0 Å². The molecule has 0 saturated carbocycles. The number of rotatable bonds is 33. The number of ether oxygens (including phenoxy) is 3. The Morgan fingerprint density at radius 3 is 1.91 bits per heavy atom. The number of phosphoric acid groups is 1. The van der Waals surface area contributed by atoms with Crippen LogP contribution in [0.1, 0.15) is 136 Å². The van der Waals surface area contributed by atoms with E-state index in [0.717, 1.165) is 44.9 Å². The van der Waals surface area contributed by atoms with Gasteiger partial charge >= 0.3 is 19.8 Å². The number of unbranched alkanes of at least 4 members (excludes halogenated alkanes) is 6. The number of esters is 2. The first-order chi connectivity index (χ1) is 27.9. The second-order valence-electron chi connectivity index (χ2n) is 14.5. The van der Waals surface area contributed by atoms with Gasteiger partial charge < -0.3 is 39.3 Å². The zero-order valence-corrected chi connectivity index (χ0v) is 35.8. The van der Waals surface area contributed by atoms with Gasteiger partial charge in [0.05, 0.1) is 24.9 Å². The predicted molar refractivity (Wildman–Crippen MR) is 228 cm³/mol. The van der Waals surface area contributed by atoms with Crippen LogP contribution >= 0.6 is 7.82 Å². The zero-order valence-electron chi connectivity index (χ0n) is 34.9. The van der Waals surface area contributed by atoms with Crippen molar-refractivity contribution < 1.29 is 58.0 Å². The second kappa shape index (κ2) is 34.9. The number of aliphatic hydroxyl groups excluding tert-OH is 3. The molecule has 0 spiro atoms. The van der Waals surface area contributed by atoms with Crippen LogP contribution in [0.25, 0.3) is 0 Å². The highest BCUT2D eigenvalue weighted by Gasteiger charge is 2.35. The quantitative estimate of drug-likeness (QED) is 0.0183. The summed E-state index contributed by atoms with van der Waals surface area (Å²) < 4.78 is 31.9. The number of hydrogen-bond donors (Lipinski definition) is 5. The van der Waals surface area contributed by atoms with Crippen LogP contribution < -0.4 is 0 Å². The minimum absolute atomic E-state index is 0.0282. The average molecular weight is 837 g/mol. The topological polar surface area (TPSA) is 189 Å². The summed E-state index contributed by atoms with van der Waals surface area (Å²) in [4.78, 5) is 43.1. The molecular weight excluding hydrogens is 763 g/mol. The van der Waals surface area contributed by atoms with Crippen molar-refractivity contribution in [3.05, 3.63) is 85.1 Å². The Balaban J connectivity index is 2.38. The van der Waals surface area contributed by atoms with E-state index in [2.05, 4.69) is 60.9 Å². The van der Waals surface area contributed by atoms with Crippen molar-refractivity contribution >= 4 is 19.8 Å². The average Bonchev–Trinajstić information content (AvgIpc) is 3.17. The molecule has 330 valence electrons. The minimum Gasteiger partial charge on any atom is -0.462 e. The van der Waals surface area contributed by atoms with Crippen molar-refractivity contribution in [1.29, 1.82) is 0 Å². The van der Waals surface area contributed by atoms with Crippen LogP contribution in [0, 0.1) is 5.92 Å². The third kappa shape index (κ3) is 31.1. The lowest BCUT2D eigenvalue weighted by Gasteiger charge is -2.36. The summed E-state index contributed by atoms with van der Waals surface area (Å²) in [6, 6.07) is 0. The first-order valence-corrected chi connectivity index (χ1v) is 22.8. The molecule has 12 nitrogen and oxygen atoms in total. The Hall–Kier alpha value is -2.93. The lowest BCUT2D eigenvalue weighted by Crippen LogP contribution is -2.43. The van der Waals surface area contributed by atoms with Crippen LogP contribution in [-0.2, 0) is 32.9 Å². The Morgan fingerprint density at radius 1 is 0.724 bits per heavy atom. The van der Waals surface area contributed by atoms with Crippen molar-refractivity contribution in [2.45, 2.75) is 167 Å². The fourth-order valence-corrected chi connectivity index (χ4v) is 6.28. The van der Waals surface area contributed by atoms with E-state index in [4.69, 9.17) is 24.0 Å². The molecule has 0 aromatic carbocycles. The van der Waals surface area contributed by atoms with Crippen molar-refractivity contribution in [1.82, 2.24) is 0 Å². The maximum Gasteiger partial charge on any atom is 0.469 e. The first kappa shape index (κ1) is 53.1. The van der Waals surface area contributed by atoms with Gasteiger partial charge in [0, 0.05) is 25.2 Å². The first-order valence-electron chi connectivity index (χ1n) is 21.3. The van der Waals surface area contributed by atoms with Crippen LogP contribution in [0.2, 0.25) is 0 Å². The molecule has 1 unspecified atom stereocenters. The Morgan fingerprint density at radius 2 is 1.29 bits per heavy atom. The fraction of sp³-hybridized carbons (Fsp3) is 0.644. The van der Waals surface area contributed by atoms with Gasteiger partial charge in [0.15, 0.2) is 12.4 Å². The molecule has 0 aromatic heterocycles. The number of carbonyl (C=O) groups is 2. The maximum absolute atomic E-state index is 12.4. The fourth-order valence-electron chi connectivity index (χ4n) is 5.92. The standard InChI is InChI=1S/C45H73O12P/c1-3-5-7-8-9-10-11-12-13-14-15-16-17-18-19-20-21-22-28-32-44(49)56-39(37-55-58(51,52)53)36-54-43(48)31-27-24-23-26-30-40-41(47)35-45(50)57-42(40)34-33-38(46)29-25-6-4-2/h9-10,12-13,15-16,18-19,21-23,26,33-34,38-42,45-47,50H,3-8,11,14,17,20,24-25,27-32,35-37H2,1-2H3,(H2,51,52,53)/b10-9-,13-12-,16-15-,19-18-,22-21-,26-23-,34-33+/t38-,39+,40-,41-,42+,45?/m0/s1. The number of hydrogen-bond acceptors (Lipinski definition) is 10. The monoisotopic (exact) mass is 836 g/mol. The Kier molecular flexibility index (Phi) is 31.9. The highest BCUT2D eigenvalue weighted by atomic mass is 31.2. The highest BCUT2D eigenvalue weighted by Crippen LogP contribution is 2.36. The summed E-state index contributed by atoms with van der Waals surface area (Å²) >= 11 is 0. The van der Waals surface area contributed by atoms with Gasteiger partial charge in [-0.1, -0.05) is 131 Å². The molecule has 1 fully saturated rings. The summed E-state index contributed by atoms with van der Waals surface area (Å²) in [5.74, 6) is -1.50. The van der Waals surface area contributed by atoms with E-state index in [9.17, 15) is 29.5 Å². The molecule has 0 radical (unpaired) electrons. The number of allylic oxidation sites excluding steroid dienone is 12. The molecule has 5 N–H and O–H groups in total. The van der Waals surface area contributed by atoms with Crippen LogP contribution in [0.5, 0.6) is 0 Å². The summed E-state index contributed by atoms with van der Waals surface area (Å²) in [7, 11) is -4.85. The summed E-state index contributed by atoms with van der Waals surface area (Å²) in [6.07, 6.45) is 37.9. The van der Waals surface area contributed by atoms with Gasteiger partial charge in [0.2, 0.25) is 0 Å². The molecule has 1 aliphatic heterocycles. The molecule has 58 heavy (non-hydrogen) atoms. The number of phosphoric ester groups is 1. The van der Waals surface area contributed by atoms with Crippen molar-refractivity contribution in [2.75, 3.05) is 13.2 Å². The van der Waals surface area contributed by atoms with Crippen molar-refractivity contribution in [2.24, 2.45) is 5.92 Å². The largest absolute Gasteiger partial charge is 0.469 e. The second-order valence-corrected chi connectivity index (χ2v) is 15.7. The normalized spacial score (nSPS) is 20.5. The lowest BCUT2D eigenvalue weighted by molar-refractivity contribution is -0.199. The lowest BCUT2D eigenvalue weighted by atomic mass is 9.87. The molecular formula is C45H73O12P. The van der Waals surface area contributed by atoms with E-state index in [1.54, 1.807) is 12.2 Å². The summed E-state index contributed by atoms with van der Waals surface area (Å²) in [6.45, 7) is 3.24. The van der Waals surface area contributed by atoms with Gasteiger partial charge in [0.25, 0.3) is 0 Å². The maximum atomic E-state index is 12.4. The Labute approximate surface area is 347 Å². The molecule has 0 amide bonds. The molecule has 0 aromatic rings. The van der Waals surface area contributed by atoms with E-state index >= 15 is 0 Å². The van der Waals surface area contributed by atoms with Gasteiger partial charge in [-0.25, -0.2) is 4.57 Å². The third-order valence-electron chi connectivity index (χ3n) is 9.19. The SMILES string of the molecule is CCCCC/C=C\C/C=C\C/C=C\C/C=C\C/C=C\CCC(=O)O[C@H](COC(=O)CCC/C=C\C[C@H]1[C@@H](O)CC(O)O[C@@H]1/C=C/[C@@H](O)CCCCC)COP(=O)(O)O. The molecule has 13 heteroatoms. The van der Waals surface area contributed by atoms with Gasteiger partial charge in [-0.3, -0.25) is 14.1 Å². The van der Waals surface area contributed by atoms with Crippen LogP contribution in [0.4, 0.5) is 0 Å². The molecule has 1 heterocycles. The Bertz CT molecular complexity index is 1330. The van der Waals surface area contributed by atoms with Gasteiger partial charge in [-0.05, 0) is 70.6 Å². The predicted octanol–water partition coefficient (Wildman–Crippen LogP) is 8.95. The van der Waals surface area contributed by atoms with E-state index in [1.165, 1.54) is 19.3 Å². The number of carbonyl (C=O) groups excluding carboxylic acids is 2. The van der Waals surface area contributed by atoms with E-state index in [1.807, 2.05) is 30.4 Å². The minimum atomic E-state index is -4.85. The molecule has 1 rings (SSSR count). The molecule has 1 aliphatic rings. The van der Waals surface area contributed by atoms with Gasteiger partial charge in [0.1, 0.15) is 6.61 Å². The molecule has 0 aliphatic carbocycles. The summed E-state index contributed by atoms with van der Waals surface area (Å²) in [5.41, 5.74) is 0. The van der Waals surface area contributed by atoms with E-state index in [-0.39, 0.29) is 25.2 Å². The van der Waals surface area contributed by atoms with Gasteiger partial charge in [-0.2, -0.15) is 0 Å². The van der Waals surface area contributed by atoms with Crippen molar-refractivity contribution in [3.8, 4) is 0 Å². The molecule has 1 saturated heterocycles. The van der Waals surface area contributed by atoms with Gasteiger partial charge in [-0.15, -0.1) is 0 Å². The molecule has 6 atom stereocenters. The number of aliphatic hydroxyl groups is 3. The molecule has 0 bridgehead atoms. The zero-order chi connectivity index (χ0) is 42.7. The van der Waals surface area contributed by atoms with E-state index in [0.29, 0.717) is 38.5 Å². The van der Waals surface area contributed by atoms with Crippen LogP contribution in [0.15, 0.2) is 85.1 Å². The van der Waals surface area contributed by atoms with Crippen LogP contribution in [0.3, 0.4) is 0 Å². The third-order valence-corrected chi connectivity index (χ3v) is 9.68. The highest BCUT2D eigenvalue weighted by molar-refractivity contribution is 7.46. The summed E-state index contributed by atoms with van der Waals surface area (Å²) in [5, 5.41) is 30.8. The van der Waals surface area contributed by atoms with Crippen LogP contribution in [-0.4, -0.2) is 81.0 Å².